The standard InChI is InChI=1S/C12H10Cl2O8P2S/c13-9-3-1-7(5-11(9)23(15,16)17)25(21,22)8-2-4-10(14)12(6-8)24(18,19)20/h1-6H,(H2,15,16,17)(H2,18,19,20). The van der Waals surface area contributed by atoms with Crippen molar-refractivity contribution in [3.63, 3.8) is 0 Å². The van der Waals surface area contributed by atoms with E-state index in [-0.39, 0.29) is 10.0 Å². The zero-order valence-corrected chi connectivity index (χ0v) is 16.1. The van der Waals surface area contributed by atoms with E-state index in [0.717, 1.165) is 24.3 Å². The van der Waals surface area contributed by atoms with Crippen LogP contribution in [0.3, 0.4) is 0 Å². The van der Waals surface area contributed by atoms with Crippen molar-refractivity contribution in [2.75, 3.05) is 0 Å². The fourth-order valence-electron chi connectivity index (χ4n) is 1.90. The summed E-state index contributed by atoms with van der Waals surface area (Å²) in [6, 6.07) is 5.46. The van der Waals surface area contributed by atoms with Crippen LogP contribution in [0.15, 0.2) is 46.2 Å². The van der Waals surface area contributed by atoms with Gasteiger partial charge in [-0.2, -0.15) is 0 Å². The molecule has 25 heavy (non-hydrogen) atoms. The Labute approximate surface area is 152 Å². The molecule has 0 heterocycles. The Bertz CT molecular complexity index is 964. The molecule has 0 aliphatic heterocycles. The summed E-state index contributed by atoms with van der Waals surface area (Å²) in [4.78, 5) is 35.9. The summed E-state index contributed by atoms with van der Waals surface area (Å²) in [5, 5.41) is -2.00. The van der Waals surface area contributed by atoms with Crippen LogP contribution >= 0.6 is 38.4 Å². The number of rotatable bonds is 4. The fraction of sp³-hybridized carbons (Fsp3) is 0. The first-order valence-electron chi connectivity index (χ1n) is 6.21. The molecule has 0 amide bonds. The molecule has 2 rings (SSSR count). The minimum Gasteiger partial charge on any atom is -0.321 e. The smallest absolute Gasteiger partial charge is 0.321 e. The molecule has 0 atom stereocenters. The van der Waals surface area contributed by atoms with Gasteiger partial charge in [0.15, 0.2) is 0 Å². The molecule has 0 saturated carbocycles. The second-order valence-corrected chi connectivity index (χ2v) is 10.7. The number of benzene rings is 2. The van der Waals surface area contributed by atoms with Gasteiger partial charge in [0.2, 0.25) is 9.84 Å². The Morgan fingerprint density at radius 2 is 1.04 bits per heavy atom. The summed E-state index contributed by atoms with van der Waals surface area (Å²) in [5.74, 6) is 0. The van der Waals surface area contributed by atoms with Gasteiger partial charge in [-0.15, -0.1) is 0 Å². The summed E-state index contributed by atoms with van der Waals surface area (Å²) >= 11 is 11.4. The average Bonchev–Trinajstić information content (AvgIpc) is 2.45. The normalized spacial score (nSPS) is 13.0. The topological polar surface area (TPSA) is 149 Å². The van der Waals surface area contributed by atoms with Gasteiger partial charge in [-0.25, -0.2) is 8.42 Å². The van der Waals surface area contributed by atoms with E-state index in [9.17, 15) is 37.1 Å². The van der Waals surface area contributed by atoms with Crippen LogP contribution in [0.2, 0.25) is 10.0 Å². The van der Waals surface area contributed by atoms with E-state index in [1.54, 1.807) is 0 Å². The highest BCUT2D eigenvalue weighted by molar-refractivity contribution is 7.91. The molecule has 0 aliphatic carbocycles. The van der Waals surface area contributed by atoms with E-state index in [4.69, 9.17) is 23.2 Å². The third-order valence-corrected chi connectivity index (χ3v) is 7.75. The lowest BCUT2D eigenvalue weighted by Gasteiger charge is -2.12. The average molecular weight is 447 g/mol. The van der Waals surface area contributed by atoms with E-state index in [1.807, 2.05) is 0 Å². The molecule has 8 nitrogen and oxygen atoms in total. The molecule has 13 heteroatoms. The molecule has 0 bridgehead atoms. The molecule has 4 N–H and O–H groups in total. The van der Waals surface area contributed by atoms with Crippen molar-refractivity contribution in [2.24, 2.45) is 0 Å². The molecule has 2 aromatic rings. The van der Waals surface area contributed by atoms with E-state index in [0.29, 0.717) is 12.1 Å². The van der Waals surface area contributed by atoms with E-state index < -0.39 is 45.4 Å². The van der Waals surface area contributed by atoms with Crippen molar-refractivity contribution < 1.29 is 37.1 Å². The first kappa shape index (κ1) is 20.6. The van der Waals surface area contributed by atoms with Crippen molar-refractivity contribution in [3.05, 3.63) is 46.4 Å². The van der Waals surface area contributed by atoms with E-state index >= 15 is 0 Å². The monoisotopic (exact) mass is 446 g/mol. The van der Waals surface area contributed by atoms with Crippen LogP contribution in [0, 0.1) is 0 Å². The Balaban J connectivity index is 2.69. The molecule has 0 fully saturated rings. The molecular formula is C12H10Cl2O8P2S. The van der Waals surface area contributed by atoms with Gasteiger partial charge < -0.3 is 19.6 Å². The van der Waals surface area contributed by atoms with Gasteiger partial charge in [-0.05, 0) is 36.4 Å². The van der Waals surface area contributed by atoms with E-state index in [2.05, 4.69) is 0 Å². The van der Waals surface area contributed by atoms with Crippen LogP contribution in [-0.2, 0) is 19.0 Å². The zero-order valence-electron chi connectivity index (χ0n) is 11.9. The van der Waals surface area contributed by atoms with Gasteiger partial charge >= 0.3 is 15.2 Å². The zero-order chi connectivity index (χ0) is 19.2. The second-order valence-electron chi connectivity index (χ2n) is 4.82. The number of hydrogen-bond acceptors (Lipinski definition) is 4. The summed E-state index contributed by atoms with van der Waals surface area (Å²) in [5.41, 5.74) is 0. The molecule has 136 valence electrons. The lowest BCUT2D eigenvalue weighted by molar-refractivity contribution is 0.385. The quantitative estimate of drug-likeness (QED) is 0.515. The maximum atomic E-state index is 12.6. The first-order chi connectivity index (χ1) is 11.2. The highest BCUT2D eigenvalue weighted by atomic mass is 35.5. The Morgan fingerprint density at radius 1 is 0.720 bits per heavy atom. The summed E-state index contributed by atoms with van der Waals surface area (Å²) in [6.07, 6.45) is 0. The molecule has 0 spiro atoms. The number of halogens is 2. The van der Waals surface area contributed by atoms with Gasteiger partial charge in [-0.3, -0.25) is 9.13 Å². The first-order valence-corrected chi connectivity index (χ1v) is 11.7. The van der Waals surface area contributed by atoms with Crippen LogP contribution in [0.4, 0.5) is 0 Å². The predicted molar refractivity (Wildman–Crippen MR) is 91.7 cm³/mol. The van der Waals surface area contributed by atoms with E-state index in [1.165, 1.54) is 0 Å². The molecule has 0 saturated heterocycles. The van der Waals surface area contributed by atoms with Crippen molar-refractivity contribution in [1.29, 1.82) is 0 Å². The number of hydrogen-bond donors (Lipinski definition) is 4. The third-order valence-electron chi connectivity index (χ3n) is 3.08. The minimum atomic E-state index is -4.83. The van der Waals surface area contributed by atoms with Crippen LogP contribution in [0.25, 0.3) is 0 Å². The largest absolute Gasteiger partial charge is 0.357 e. The molecule has 0 radical (unpaired) electrons. The van der Waals surface area contributed by atoms with Crippen molar-refractivity contribution in [1.82, 2.24) is 0 Å². The van der Waals surface area contributed by atoms with Gasteiger partial charge in [0.05, 0.1) is 30.4 Å². The second kappa shape index (κ2) is 6.78. The lowest BCUT2D eigenvalue weighted by atomic mass is 10.3. The Hall–Kier alpha value is -0.730. The van der Waals surface area contributed by atoms with Crippen LogP contribution in [-0.4, -0.2) is 28.0 Å². The third kappa shape index (κ3) is 4.34. The van der Waals surface area contributed by atoms with Gasteiger partial charge in [0.1, 0.15) is 0 Å². The number of sulfone groups is 1. The van der Waals surface area contributed by atoms with Gasteiger partial charge in [-0.1, -0.05) is 23.2 Å². The molecule has 2 aromatic carbocycles. The van der Waals surface area contributed by atoms with Gasteiger partial charge in [0, 0.05) is 0 Å². The summed E-state index contributed by atoms with van der Waals surface area (Å²) in [7, 11) is -14.0. The van der Waals surface area contributed by atoms with Crippen molar-refractivity contribution >= 4 is 58.8 Å². The summed E-state index contributed by atoms with van der Waals surface area (Å²) < 4.78 is 48.0. The van der Waals surface area contributed by atoms with Crippen LogP contribution in [0.1, 0.15) is 0 Å². The van der Waals surface area contributed by atoms with Crippen LogP contribution < -0.4 is 10.6 Å². The maximum Gasteiger partial charge on any atom is 0.357 e. The molecular weight excluding hydrogens is 437 g/mol. The SMILES string of the molecule is O=P(O)(O)c1cc(S(=O)(=O)c2ccc(Cl)c(P(=O)(O)O)c2)ccc1Cl. The Kier molecular flexibility index (Phi) is 5.58. The van der Waals surface area contributed by atoms with Crippen molar-refractivity contribution in [3.8, 4) is 0 Å². The highest BCUT2D eigenvalue weighted by Crippen LogP contribution is 2.39. The molecule has 0 aliphatic rings. The maximum absolute atomic E-state index is 12.6. The van der Waals surface area contributed by atoms with Gasteiger partial charge in [0.25, 0.3) is 0 Å². The fourth-order valence-corrected chi connectivity index (χ4v) is 5.60. The predicted octanol–water partition coefficient (Wildman–Crippen LogP) is 1.43. The molecule has 0 aromatic heterocycles. The van der Waals surface area contributed by atoms with Crippen LogP contribution in [0.5, 0.6) is 0 Å². The Morgan fingerprint density at radius 3 is 1.32 bits per heavy atom. The lowest BCUT2D eigenvalue weighted by Crippen LogP contribution is -2.13. The van der Waals surface area contributed by atoms with Crippen molar-refractivity contribution in [2.45, 2.75) is 9.79 Å². The minimum absolute atomic E-state index is 0.320. The molecule has 0 unspecified atom stereocenters. The highest BCUT2D eigenvalue weighted by Gasteiger charge is 2.28. The summed E-state index contributed by atoms with van der Waals surface area (Å²) in [6.45, 7) is 0.